The van der Waals surface area contributed by atoms with Crippen molar-refractivity contribution in [3.8, 4) is 0 Å². The summed E-state index contributed by atoms with van der Waals surface area (Å²) < 4.78 is 11.7. The molecule has 0 amide bonds. The van der Waals surface area contributed by atoms with Gasteiger partial charge in [-0.05, 0) is 18.4 Å². The number of hydrogen-bond donors (Lipinski definition) is 1. The first kappa shape index (κ1) is 16.7. The molecule has 1 saturated heterocycles. The fourth-order valence-corrected chi connectivity index (χ4v) is 3.44. The second-order valence-electron chi connectivity index (χ2n) is 6.45. The zero-order valence-corrected chi connectivity index (χ0v) is 14.4. The van der Waals surface area contributed by atoms with Crippen LogP contribution in [0, 0.1) is 5.92 Å². The lowest BCUT2D eigenvalue weighted by Gasteiger charge is -2.43. The summed E-state index contributed by atoms with van der Waals surface area (Å²) in [6, 6.07) is 11.5. The first-order valence-corrected chi connectivity index (χ1v) is 9.45. The van der Waals surface area contributed by atoms with Crippen LogP contribution in [0.3, 0.4) is 0 Å². The largest absolute Gasteiger partial charge is 0.307 e. The molecule has 4 unspecified atom stereocenters. The van der Waals surface area contributed by atoms with Crippen LogP contribution >= 0.6 is 0 Å². The Bertz CT molecular complexity index is 463. The summed E-state index contributed by atoms with van der Waals surface area (Å²) in [6.45, 7) is 9.55. The van der Waals surface area contributed by atoms with E-state index in [0.29, 0.717) is 18.0 Å². The predicted octanol–water partition coefficient (Wildman–Crippen LogP) is 2.42. The highest BCUT2D eigenvalue weighted by molar-refractivity contribution is 7.84. The molecule has 1 aliphatic heterocycles. The molecule has 0 bridgehead atoms. The smallest absolute Gasteiger partial charge is 0.0449 e. The summed E-state index contributed by atoms with van der Waals surface area (Å²) in [7, 11) is -0.758. The van der Waals surface area contributed by atoms with Gasteiger partial charge in [0.05, 0.1) is 0 Å². The van der Waals surface area contributed by atoms with Crippen LogP contribution < -0.4 is 5.32 Å². The van der Waals surface area contributed by atoms with Crippen molar-refractivity contribution in [2.24, 2.45) is 5.92 Å². The monoisotopic (exact) mass is 308 g/mol. The van der Waals surface area contributed by atoms with Gasteiger partial charge in [0.1, 0.15) is 0 Å². The van der Waals surface area contributed by atoms with Gasteiger partial charge in [-0.25, -0.2) is 0 Å². The van der Waals surface area contributed by atoms with Gasteiger partial charge in [-0.3, -0.25) is 9.11 Å². The summed E-state index contributed by atoms with van der Waals surface area (Å²) in [4.78, 5) is 2.53. The van der Waals surface area contributed by atoms with Crippen molar-refractivity contribution < 1.29 is 4.21 Å². The molecule has 2 rings (SSSR count). The fourth-order valence-electron chi connectivity index (χ4n) is 3.04. The zero-order valence-electron chi connectivity index (χ0n) is 13.6. The van der Waals surface area contributed by atoms with Crippen LogP contribution in [0.2, 0.25) is 0 Å². The van der Waals surface area contributed by atoms with Gasteiger partial charge in [-0.2, -0.15) is 0 Å². The molecule has 1 N–H and O–H groups in total. The van der Waals surface area contributed by atoms with E-state index in [-0.39, 0.29) is 5.25 Å². The molecule has 4 heteroatoms. The van der Waals surface area contributed by atoms with Gasteiger partial charge in [0.2, 0.25) is 0 Å². The van der Waals surface area contributed by atoms with Crippen LogP contribution in [0.5, 0.6) is 0 Å². The molecule has 0 spiro atoms. The molecule has 1 aromatic rings. The van der Waals surface area contributed by atoms with Gasteiger partial charge in [-0.15, -0.1) is 0 Å². The van der Waals surface area contributed by atoms with E-state index < -0.39 is 10.8 Å². The Morgan fingerprint density at radius 2 is 1.95 bits per heavy atom. The van der Waals surface area contributed by atoms with Crippen LogP contribution in [-0.4, -0.2) is 46.3 Å². The summed E-state index contributed by atoms with van der Waals surface area (Å²) in [5, 5.41) is 3.90. The minimum absolute atomic E-state index is 0.223. The highest BCUT2D eigenvalue weighted by Crippen LogP contribution is 2.23. The van der Waals surface area contributed by atoms with E-state index in [1.165, 1.54) is 5.56 Å². The molecule has 0 aromatic heterocycles. The Labute approximate surface area is 131 Å². The van der Waals surface area contributed by atoms with Gasteiger partial charge in [0, 0.05) is 54.0 Å². The number of rotatable bonds is 5. The molecule has 1 aliphatic rings. The van der Waals surface area contributed by atoms with E-state index in [9.17, 15) is 4.21 Å². The lowest BCUT2D eigenvalue weighted by Crippen LogP contribution is -2.56. The van der Waals surface area contributed by atoms with E-state index in [1.54, 1.807) is 0 Å². The van der Waals surface area contributed by atoms with Crippen LogP contribution in [0.25, 0.3) is 0 Å². The number of piperazine rings is 1. The molecule has 0 saturated carbocycles. The Morgan fingerprint density at radius 3 is 2.52 bits per heavy atom. The first-order valence-electron chi connectivity index (χ1n) is 7.83. The number of nitrogens with one attached hydrogen (secondary N) is 1. The van der Waals surface area contributed by atoms with Crippen LogP contribution in [0.4, 0.5) is 0 Å². The van der Waals surface area contributed by atoms with E-state index in [2.05, 4.69) is 61.3 Å². The second kappa shape index (κ2) is 7.52. The molecule has 1 fully saturated rings. The van der Waals surface area contributed by atoms with Crippen molar-refractivity contribution >= 4 is 10.8 Å². The van der Waals surface area contributed by atoms with Gasteiger partial charge in [0.25, 0.3) is 0 Å². The van der Waals surface area contributed by atoms with E-state index in [0.717, 1.165) is 19.6 Å². The van der Waals surface area contributed by atoms with Gasteiger partial charge in [0.15, 0.2) is 0 Å². The van der Waals surface area contributed by atoms with Gasteiger partial charge >= 0.3 is 0 Å². The normalized spacial score (nSPS) is 26.7. The summed E-state index contributed by atoms with van der Waals surface area (Å²) in [5.74, 6) is 0.603. The number of hydrogen-bond acceptors (Lipinski definition) is 3. The van der Waals surface area contributed by atoms with E-state index >= 15 is 0 Å². The van der Waals surface area contributed by atoms with E-state index in [1.807, 2.05) is 6.26 Å². The van der Waals surface area contributed by atoms with E-state index in [4.69, 9.17) is 0 Å². The van der Waals surface area contributed by atoms with Crippen molar-refractivity contribution in [3.63, 3.8) is 0 Å². The second-order valence-corrected chi connectivity index (χ2v) is 8.25. The first-order chi connectivity index (χ1) is 9.99. The predicted molar refractivity (Wildman–Crippen MR) is 90.9 cm³/mol. The lowest BCUT2D eigenvalue weighted by molar-refractivity contribution is 0.0997. The maximum absolute atomic E-state index is 11.7. The fraction of sp³-hybridized carbons (Fsp3) is 0.647. The SMILES string of the molecule is CC(C)C1CNC(c2ccccc2)CN1CC(C)S(C)=O. The summed E-state index contributed by atoms with van der Waals surface area (Å²) >= 11 is 0. The lowest BCUT2D eigenvalue weighted by atomic mass is 9.95. The van der Waals surface area contributed by atoms with Crippen molar-refractivity contribution in [1.29, 1.82) is 0 Å². The van der Waals surface area contributed by atoms with Crippen molar-refractivity contribution in [1.82, 2.24) is 10.2 Å². The molecule has 118 valence electrons. The maximum Gasteiger partial charge on any atom is 0.0449 e. The van der Waals surface area contributed by atoms with Crippen molar-refractivity contribution in [2.45, 2.75) is 38.1 Å². The van der Waals surface area contributed by atoms with Gasteiger partial charge in [-0.1, -0.05) is 44.2 Å². The molecular formula is C17H28N2OS. The third-order valence-corrected chi connectivity index (χ3v) is 5.77. The zero-order chi connectivity index (χ0) is 15.4. The number of nitrogens with zero attached hydrogens (tertiary/aromatic N) is 1. The van der Waals surface area contributed by atoms with Crippen LogP contribution in [-0.2, 0) is 10.8 Å². The average Bonchev–Trinajstić information content (AvgIpc) is 2.47. The molecule has 1 aromatic carbocycles. The minimum Gasteiger partial charge on any atom is -0.307 e. The summed E-state index contributed by atoms with van der Waals surface area (Å²) in [6.07, 6.45) is 1.81. The third kappa shape index (κ3) is 4.38. The highest BCUT2D eigenvalue weighted by Gasteiger charge is 2.31. The average molecular weight is 308 g/mol. The maximum atomic E-state index is 11.7. The highest BCUT2D eigenvalue weighted by atomic mass is 32.2. The minimum atomic E-state index is -0.758. The Hall–Kier alpha value is -0.710. The molecule has 1 heterocycles. The molecule has 21 heavy (non-hydrogen) atoms. The Morgan fingerprint density at radius 1 is 1.29 bits per heavy atom. The van der Waals surface area contributed by atoms with Gasteiger partial charge < -0.3 is 5.32 Å². The Balaban J connectivity index is 2.10. The molecule has 3 nitrogen and oxygen atoms in total. The Kier molecular flexibility index (Phi) is 5.97. The summed E-state index contributed by atoms with van der Waals surface area (Å²) in [5.41, 5.74) is 1.34. The topological polar surface area (TPSA) is 32.3 Å². The van der Waals surface area contributed by atoms with Crippen LogP contribution in [0.15, 0.2) is 30.3 Å². The standard InChI is InChI=1S/C17H28N2OS/c1-13(2)17-10-18-16(15-8-6-5-7-9-15)12-19(17)11-14(3)21(4)20/h5-9,13-14,16-18H,10-12H2,1-4H3. The number of benzene rings is 1. The molecule has 0 radical (unpaired) electrons. The molecule has 4 atom stereocenters. The molecule has 0 aliphatic carbocycles. The quantitative estimate of drug-likeness (QED) is 0.907. The molecular weight excluding hydrogens is 280 g/mol. The third-order valence-electron chi connectivity index (χ3n) is 4.49. The van der Waals surface area contributed by atoms with Crippen LogP contribution in [0.1, 0.15) is 32.4 Å². The van der Waals surface area contributed by atoms with Crippen molar-refractivity contribution in [2.75, 3.05) is 25.9 Å². The van der Waals surface area contributed by atoms with Crippen molar-refractivity contribution in [3.05, 3.63) is 35.9 Å².